The number of nitrogens with one attached hydrogen (secondary N) is 1. The summed E-state index contributed by atoms with van der Waals surface area (Å²) >= 11 is 0. The van der Waals surface area contributed by atoms with E-state index < -0.39 is 0 Å². The van der Waals surface area contributed by atoms with Gasteiger partial charge in [-0.05, 0) is 24.6 Å². The maximum absolute atomic E-state index is 5.86. The first kappa shape index (κ1) is 19.3. The van der Waals surface area contributed by atoms with E-state index in [0.717, 1.165) is 37.9 Å². The van der Waals surface area contributed by atoms with Gasteiger partial charge in [0.2, 0.25) is 5.89 Å². The molecule has 6 nitrogen and oxygen atoms in total. The Kier molecular flexibility index (Phi) is 5.73. The van der Waals surface area contributed by atoms with E-state index in [2.05, 4.69) is 77.1 Å². The Bertz CT molecular complexity index is 782. The Labute approximate surface area is 162 Å². The summed E-state index contributed by atoms with van der Waals surface area (Å²) < 4.78 is 5.86. The highest BCUT2D eigenvalue weighted by Crippen LogP contribution is 2.22. The predicted molar refractivity (Wildman–Crippen MR) is 110 cm³/mol. The summed E-state index contributed by atoms with van der Waals surface area (Å²) in [6.07, 6.45) is 1.82. The van der Waals surface area contributed by atoms with Crippen molar-refractivity contribution in [2.45, 2.75) is 39.7 Å². The van der Waals surface area contributed by atoms with E-state index in [4.69, 9.17) is 4.42 Å². The zero-order valence-electron chi connectivity index (χ0n) is 17.1. The van der Waals surface area contributed by atoms with Gasteiger partial charge in [-0.3, -0.25) is 4.99 Å². The molecule has 1 N–H and O–H groups in total. The summed E-state index contributed by atoms with van der Waals surface area (Å²) in [6, 6.07) is 8.70. The molecule has 146 valence electrons. The van der Waals surface area contributed by atoms with Gasteiger partial charge in [0, 0.05) is 44.3 Å². The number of aromatic nitrogens is 1. The van der Waals surface area contributed by atoms with Crippen LogP contribution in [-0.4, -0.2) is 49.1 Å². The third kappa shape index (κ3) is 4.81. The van der Waals surface area contributed by atoms with Crippen LogP contribution in [0.2, 0.25) is 0 Å². The summed E-state index contributed by atoms with van der Waals surface area (Å²) in [5.41, 5.74) is 2.57. The molecule has 27 heavy (non-hydrogen) atoms. The average Bonchev–Trinajstić information content (AvgIpc) is 3.12. The second-order valence-corrected chi connectivity index (χ2v) is 8.08. The molecule has 0 radical (unpaired) electrons. The van der Waals surface area contributed by atoms with Crippen LogP contribution in [0.1, 0.15) is 38.0 Å². The van der Waals surface area contributed by atoms with Crippen LogP contribution in [-0.2, 0) is 12.0 Å². The molecular weight excluding hydrogens is 338 g/mol. The van der Waals surface area contributed by atoms with Crippen molar-refractivity contribution in [3.05, 3.63) is 47.7 Å². The average molecular weight is 370 g/mol. The van der Waals surface area contributed by atoms with E-state index >= 15 is 0 Å². The van der Waals surface area contributed by atoms with Gasteiger partial charge >= 0.3 is 0 Å². The molecule has 2 aromatic rings. The van der Waals surface area contributed by atoms with E-state index in [1.807, 2.05) is 13.2 Å². The lowest BCUT2D eigenvalue weighted by atomic mass is 9.94. The highest BCUT2D eigenvalue weighted by molar-refractivity contribution is 5.80. The largest absolute Gasteiger partial charge is 0.443 e. The molecule has 0 spiro atoms. The first-order chi connectivity index (χ1) is 12.9. The van der Waals surface area contributed by atoms with Crippen molar-refractivity contribution < 1.29 is 4.42 Å². The summed E-state index contributed by atoms with van der Waals surface area (Å²) in [5, 5.41) is 3.39. The number of oxazole rings is 1. The number of anilines is 1. The Morgan fingerprint density at radius 3 is 2.56 bits per heavy atom. The normalized spacial score (nSPS) is 16.0. The quantitative estimate of drug-likeness (QED) is 0.665. The standard InChI is InChI=1S/C21H31N5O/c1-16-7-6-8-17(13-16)25-9-11-26(12-10-25)20(22-5)24-15-19-23-14-18(27-19)21(2,3)4/h6-8,13-14H,9-12,15H2,1-5H3,(H,22,24). The van der Waals surface area contributed by atoms with Crippen molar-refractivity contribution in [2.75, 3.05) is 38.1 Å². The van der Waals surface area contributed by atoms with E-state index in [-0.39, 0.29) is 5.41 Å². The first-order valence-corrected chi connectivity index (χ1v) is 9.59. The SMILES string of the molecule is CN=C(NCc1ncc(C(C)(C)C)o1)N1CCN(c2cccc(C)c2)CC1. The lowest BCUT2D eigenvalue weighted by molar-refractivity contribution is 0.359. The van der Waals surface area contributed by atoms with E-state index in [0.29, 0.717) is 12.4 Å². The number of benzene rings is 1. The lowest BCUT2D eigenvalue weighted by Gasteiger charge is -2.37. The van der Waals surface area contributed by atoms with Gasteiger partial charge in [-0.2, -0.15) is 0 Å². The van der Waals surface area contributed by atoms with Gasteiger partial charge < -0.3 is 19.5 Å². The molecule has 1 aromatic heterocycles. The van der Waals surface area contributed by atoms with E-state index in [1.54, 1.807) is 0 Å². The minimum atomic E-state index is -0.0287. The molecule has 2 heterocycles. The zero-order chi connectivity index (χ0) is 19.4. The van der Waals surface area contributed by atoms with Crippen LogP contribution in [0, 0.1) is 6.92 Å². The summed E-state index contributed by atoms with van der Waals surface area (Å²) in [7, 11) is 1.82. The third-order valence-electron chi connectivity index (χ3n) is 4.85. The number of hydrogen-bond acceptors (Lipinski definition) is 4. The number of hydrogen-bond donors (Lipinski definition) is 1. The molecule has 0 bridgehead atoms. The van der Waals surface area contributed by atoms with Crippen LogP contribution < -0.4 is 10.2 Å². The second-order valence-electron chi connectivity index (χ2n) is 8.08. The molecule has 0 amide bonds. The fourth-order valence-corrected chi connectivity index (χ4v) is 3.23. The number of aryl methyl sites for hydroxylation is 1. The molecule has 1 saturated heterocycles. The second kappa shape index (κ2) is 8.03. The van der Waals surface area contributed by atoms with Crippen molar-refractivity contribution in [3.8, 4) is 0 Å². The topological polar surface area (TPSA) is 56.9 Å². The van der Waals surface area contributed by atoms with Gasteiger partial charge in [0.1, 0.15) is 5.76 Å². The molecule has 1 aromatic carbocycles. The number of guanidine groups is 1. The first-order valence-electron chi connectivity index (χ1n) is 9.59. The van der Waals surface area contributed by atoms with E-state index in [9.17, 15) is 0 Å². The molecule has 0 aliphatic carbocycles. The summed E-state index contributed by atoms with van der Waals surface area (Å²) in [4.78, 5) is 13.5. The molecule has 0 saturated carbocycles. The maximum Gasteiger partial charge on any atom is 0.213 e. The molecule has 1 fully saturated rings. The van der Waals surface area contributed by atoms with Crippen LogP contribution >= 0.6 is 0 Å². The van der Waals surface area contributed by atoms with Gasteiger partial charge in [0.15, 0.2) is 5.96 Å². The van der Waals surface area contributed by atoms with Gasteiger partial charge in [-0.1, -0.05) is 32.9 Å². The zero-order valence-corrected chi connectivity index (χ0v) is 17.1. The molecular formula is C21H31N5O. The molecule has 0 atom stereocenters. The molecule has 3 rings (SSSR count). The van der Waals surface area contributed by atoms with Crippen LogP contribution in [0.4, 0.5) is 5.69 Å². The van der Waals surface area contributed by atoms with Crippen LogP contribution in [0.25, 0.3) is 0 Å². The summed E-state index contributed by atoms with van der Waals surface area (Å²) in [5.74, 6) is 2.50. The summed E-state index contributed by atoms with van der Waals surface area (Å²) in [6.45, 7) is 12.9. The Hall–Kier alpha value is -2.50. The highest BCUT2D eigenvalue weighted by Gasteiger charge is 2.21. The van der Waals surface area contributed by atoms with Gasteiger partial charge in [-0.25, -0.2) is 4.98 Å². The lowest BCUT2D eigenvalue weighted by Crippen LogP contribution is -2.52. The number of rotatable bonds is 3. The number of aliphatic imine (C=N–C) groups is 1. The fraction of sp³-hybridized carbons (Fsp3) is 0.524. The minimum absolute atomic E-state index is 0.0287. The van der Waals surface area contributed by atoms with Crippen molar-refractivity contribution in [3.63, 3.8) is 0 Å². The van der Waals surface area contributed by atoms with Crippen molar-refractivity contribution in [2.24, 2.45) is 4.99 Å². The van der Waals surface area contributed by atoms with E-state index in [1.165, 1.54) is 11.3 Å². The molecule has 1 aliphatic rings. The van der Waals surface area contributed by atoms with Crippen molar-refractivity contribution in [1.82, 2.24) is 15.2 Å². The number of piperazine rings is 1. The highest BCUT2D eigenvalue weighted by atomic mass is 16.4. The molecule has 6 heteroatoms. The molecule has 1 aliphatic heterocycles. The predicted octanol–water partition coefficient (Wildman–Crippen LogP) is 3.18. The monoisotopic (exact) mass is 369 g/mol. The van der Waals surface area contributed by atoms with Gasteiger partial charge in [0.05, 0.1) is 12.7 Å². The Balaban J connectivity index is 1.54. The fourth-order valence-electron chi connectivity index (χ4n) is 3.23. The number of nitrogens with zero attached hydrogens (tertiary/aromatic N) is 4. The Morgan fingerprint density at radius 1 is 1.22 bits per heavy atom. The molecule has 0 unspecified atom stereocenters. The Morgan fingerprint density at radius 2 is 1.96 bits per heavy atom. The van der Waals surface area contributed by atoms with Crippen LogP contribution in [0.3, 0.4) is 0 Å². The maximum atomic E-state index is 5.86. The van der Waals surface area contributed by atoms with Gasteiger partial charge in [-0.15, -0.1) is 0 Å². The van der Waals surface area contributed by atoms with Crippen molar-refractivity contribution in [1.29, 1.82) is 0 Å². The van der Waals surface area contributed by atoms with Gasteiger partial charge in [0.25, 0.3) is 0 Å². The van der Waals surface area contributed by atoms with Crippen molar-refractivity contribution >= 4 is 11.6 Å². The smallest absolute Gasteiger partial charge is 0.213 e. The minimum Gasteiger partial charge on any atom is -0.443 e. The third-order valence-corrected chi connectivity index (χ3v) is 4.85. The van der Waals surface area contributed by atoms with Crippen LogP contribution in [0.5, 0.6) is 0 Å². The van der Waals surface area contributed by atoms with Crippen LogP contribution in [0.15, 0.2) is 39.9 Å².